The maximum Gasteiger partial charge on any atom is 2.00 e. The normalized spacial score (nSPS) is 10.5. The number of ether oxygens (including phenoxy) is 1. The third kappa shape index (κ3) is 14.9. The third-order valence-electron chi connectivity index (χ3n) is 4.15. The van der Waals surface area contributed by atoms with E-state index in [1.54, 1.807) is 6.92 Å². The Balaban J connectivity index is 0.000000615. The van der Waals surface area contributed by atoms with E-state index in [1.165, 1.54) is 11.1 Å². The Hall–Kier alpha value is -1.68. The predicted octanol–water partition coefficient (Wildman–Crippen LogP) is 5.29. The van der Waals surface area contributed by atoms with Crippen molar-refractivity contribution in [1.29, 1.82) is 0 Å². The average Bonchev–Trinajstić information content (AvgIpc) is 3.53. The fourth-order valence-electron chi connectivity index (χ4n) is 2.76. The summed E-state index contributed by atoms with van der Waals surface area (Å²) in [5.74, 6) is 0. The van der Waals surface area contributed by atoms with E-state index in [2.05, 4.69) is 53.4 Å². The first-order chi connectivity index (χ1) is 14.2. The summed E-state index contributed by atoms with van der Waals surface area (Å²) in [5, 5.41) is 9.14. The Morgan fingerprint density at radius 3 is 1.52 bits per heavy atom. The molecule has 4 rings (SSSR count). The standard InChI is InChI=1S/C16H21NO2.2C5H5.2Fe/c1-14(18)19-11-10-17(12-15-6-2-3-7-15)13-16-8-4-5-9-16;2*1-2-4-5-3-1;;/h2-9,14,18H,10-13H2,1H3;2*1-5H;;/q-2;2*-1;2*+2. The van der Waals surface area contributed by atoms with E-state index < -0.39 is 6.29 Å². The maximum atomic E-state index is 9.14. The van der Waals surface area contributed by atoms with Crippen molar-refractivity contribution in [3.8, 4) is 0 Å². The Morgan fingerprint density at radius 1 is 0.774 bits per heavy atom. The van der Waals surface area contributed by atoms with Crippen LogP contribution in [0.4, 0.5) is 0 Å². The number of hydrogen-bond acceptors (Lipinski definition) is 3. The first-order valence-electron chi connectivity index (χ1n) is 10.0. The van der Waals surface area contributed by atoms with Crippen molar-refractivity contribution < 1.29 is 44.0 Å². The molecule has 5 heteroatoms. The van der Waals surface area contributed by atoms with E-state index in [0.29, 0.717) is 6.61 Å². The molecule has 0 saturated carbocycles. The molecule has 1 atom stereocenters. The molecular weight excluding hydrogens is 470 g/mol. The molecule has 4 aromatic carbocycles. The fraction of sp³-hybridized carbons (Fsp3) is 0.231. The van der Waals surface area contributed by atoms with Crippen molar-refractivity contribution in [2.75, 3.05) is 13.2 Å². The zero-order chi connectivity index (χ0) is 20.6. The molecule has 0 aliphatic heterocycles. The fourth-order valence-corrected chi connectivity index (χ4v) is 2.76. The van der Waals surface area contributed by atoms with Gasteiger partial charge in [-0.25, -0.2) is 48.5 Å². The topological polar surface area (TPSA) is 32.7 Å². The summed E-state index contributed by atoms with van der Waals surface area (Å²) in [6.07, 6.45) is -0.695. The van der Waals surface area contributed by atoms with Crippen LogP contribution in [0, 0.1) is 0 Å². The summed E-state index contributed by atoms with van der Waals surface area (Å²) >= 11 is 0. The molecule has 0 saturated heterocycles. The van der Waals surface area contributed by atoms with Gasteiger partial charge in [-0.05, 0) is 6.92 Å². The van der Waals surface area contributed by atoms with Gasteiger partial charge in [0.1, 0.15) is 0 Å². The second kappa shape index (κ2) is 19.0. The van der Waals surface area contributed by atoms with Crippen molar-refractivity contribution >= 4 is 0 Å². The minimum absolute atomic E-state index is 0. The van der Waals surface area contributed by atoms with Crippen LogP contribution in [0.15, 0.2) is 109 Å². The van der Waals surface area contributed by atoms with Crippen molar-refractivity contribution in [3.05, 3.63) is 120 Å². The van der Waals surface area contributed by atoms with Crippen LogP contribution in [0.5, 0.6) is 0 Å². The van der Waals surface area contributed by atoms with E-state index in [1.807, 2.05) is 60.7 Å². The minimum Gasteiger partial charge on any atom is -0.368 e. The van der Waals surface area contributed by atoms with E-state index in [9.17, 15) is 0 Å². The molecule has 0 spiro atoms. The molecule has 0 bridgehead atoms. The Kier molecular flexibility index (Phi) is 18.0. The van der Waals surface area contributed by atoms with Gasteiger partial charge in [0.25, 0.3) is 0 Å². The number of aliphatic hydroxyl groups is 1. The van der Waals surface area contributed by atoms with Crippen LogP contribution >= 0.6 is 0 Å². The summed E-state index contributed by atoms with van der Waals surface area (Å²) in [7, 11) is 0. The van der Waals surface area contributed by atoms with Gasteiger partial charge in [0, 0.05) is 19.6 Å². The molecule has 0 amide bonds. The number of nitrogens with zero attached hydrogens (tertiary/aromatic N) is 1. The van der Waals surface area contributed by atoms with Crippen LogP contribution in [-0.4, -0.2) is 29.4 Å². The molecule has 3 nitrogen and oxygen atoms in total. The molecule has 0 aliphatic carbocycles. The van der Waals surface area contributed by atoms with Gasteiger partial charge in [-0.3, -0.25) is 4.90 Å². The molecule has 0 aliphatic rings. The quantitative estimate of drug-likeness (QED) is 0.203. The Morgan fingerprint density at radius 2 is 1.23 bits per heavy atom. The first-order valence-corrected chi connectivity index (χ1v) is 10.0. The molecule has 0 fully saturated rings. The number of hydrogen-bond donors (Lipinski definition) is 1. The number of rotatable bonds is 8. The van der Waals surface area contributed by atoms with Crippen LogP contribution in [0.2, 0.25) is 0 Å². The van der Waals surface area contributed by atoms with Gasteiger partial charge in [0.2, 0.25) is 0 Å². The van der Waals surface area contributed by atoms with Crippen molar-refractivity contribution in [2.45, 2.75) is 26.3 Å². The summed E-state index contributed by atoms with van der Waals surface area (Å²) in [6.45, 7) is 4.79. The van der Waals surface area contributed by atoms with Crippen LogP contribution in [-0.2, 0) is 52.0 Å². The third-order valence-corrected chi connectivity index (χ3v) is 4.15. The Bertz CT molecular complexity index is 680. The van der Waals surface area contributed by atoms with E-state index >= 15 is 0 Å². The van der Waals surface area contributed by atoms with Gasteiger partial charge in [0.15, 0.2) is 6.29 Å². The van der Waals surface area contributed by atoms with E-state index in [4.69, 9.17) is 9.84 Å². The van der Waals surface area contributed by atoms with Gasteiger partial charge in [-0.15, -0.1) is 0 Å². The molecule has 31 heavy (non-hydrogen) atoms. The molecule has 1 unspecified atom stereocenters. The molecule has 0 heterocycles. The van der Waals surface area contributed by atoms with Crippen LogP contribution < -0.4 is 0 Å². The van der Waals surface area contributed by atoms with Gasteiger partial charge in [-0.2, -0.15) is 71.8 Å². The number of aliphatic hydroxyl groups excluding tert-OH is 1. The van der Waals surface area contributed by atoms with E-state index in [-0.39, 0.29) is 34.1 Å². The van der Waals surface area contributed by atoms with Crippen LogP contribution in [0.25, 0.3) is 0 Å². The second-order valence-corrected chi connectivity index (χ2v) is 6.69. The SMILES string of the molecule is CC(O)OCCN(Cc1ccc[cH-]1)Cc1ccc[cH-]1.[Fe+2].[Fe+2].c1cc[cH-]c1.c1cc[cH-]c1. The largest absolute Gasteiger partial charge is 2.00 e. The zero-order valence-electron chi connectivity index (χ0n) is 17.8. The monoisotopic (exact) mass is 501 g/mol. The molecule has 168 valence electrons. The summed E-state index contributed by atoms with van der Waals surface area (Å²) < 4.78 is 5.22. The van der Waals surface area contributed by atoms with Gasteiger partial charge in [0.05, 0.1) is 6.61 Å². The van der Waals surface area contributed by atoms with Crippen LogP contribution in [0.1, 0.15) is 18.1 Å². The average molecular weight is 501 g/mol. The van der Waals surface area contributed by atoms with Gasteiger partial charge in [-0.1, -0.05) is 0 Å². The van der Waals surface area contributed by atoms with Gasteiger partial charge >= 0.3 is 34.1 Å². The maximum absolute atomic E-state index is 9.14. The predicted molar refractivity (Wildman–Crippen MR) is 120 cm³/mol. The molecule has 0 radical (unpaired) electrons. The Labute approximate surface area is 208 Å². The minimum atomic E-state index is -0.695. The first kappa shape index (κ1) is 29.3. The molecule has 0 aromatic heterocycles. The summed E-state index contributed by atoms with van der Waals surface area (Å²) in [4.78, 5) is 2.33. The van der Waals surface area contributed by atoms with E-state index in [0.717, 1.165) is 19.6 Å². The smallest absolute Gasteiger partial charge is 0.368 e. The summed E-state index contributed by atoms with van der Waals surface area (Å²) in [6, 6.07) is 36.8. The molecular formula is C26H31Fe2NO2. The van der Waals surface area contributed by atoms with Crippen molar-refractivity contribution in [1.82, 2.24) is 4.90 Å². The van der Waals surface area contributed by atoms with Crippen molar-refractivity contribution in [2.24, 2.45) is 0 Å². The van der Waals surface area contributed by atoms with Gasteiger partial charge < -0.3 is 9.84 Å². The van der Waals surface area contributed by atoms with Crippen LogP contribution in [0.3, 0.4) is 0 Å². The van der Waals surface area contributed by atoms with Crippen molar-refractivity contribution in [3.63, 3.8) is 0 Å². The molecule has 4 aromatic rings. The molecule has 1 N–H and O–H groups in total. The second-order valence-electron chi connectivity index (χ2n) is 6.69. The zero-order valence-corrected chi connectivity index (χ0v) is 20.0. The summed E-state index contributed by atoms with van der Waals surface area (Å²) in [5.41, 5.74) is 2.62.